The first-order valence-corrected chi connectivity index (χ1v) is 5.84. The molecule has 0 N–H and O–H groups in total. The Labute approximate surface area is 100 Å². The van der Waals surface area contributed by atoms with Crippen molar-refractivity contribution >= 4 is 16.3 Å². The number of hydrogen-bond acceptors (Lipinski definition) is 5. The summed E-state index contributed by atoms with van der Waals surface area (Å²) in [5, 5.41) is 0. The number of hydrogen-bond donors (Lipinski definition) is 0. The molecule has 0 heterocycles. The van der Waals surface area contributed by atoms with Gasteiger partial charge in [0.05, 0.1) is 0 Å². The molecule has 0 aliphatic rings. The second kappa shape index (κ2) is 5.25. The molecule has 1 aromatic rings. The van der Waals surface area contributed by atoms with Crippen molar-refractivity contribution < 1.29 is 35.3 Å². The van der Waals surface area contributed by atoms with Crippen molar-refractivity contribution in [2.24, 2.45) is 0 Å². The van der Waals surface area contributed by atoms with Gasteiger partial charge < -0.3 is 8.92 Å². The van der Waals surface area contributed by atoms with Crippen LogP contribution in [0.1, 0.15) is 5.56 Å². The molecule has 0 unspecified atom stereocenters. The number of rotatable bonds is 3. The number of ether oxygens (including phenoxy) is 1. The average molecular weight is 284 g/mol. The first-order valence-electron chi connectivity index (χ1n) is 4.44. The van der Waals surface area contributed by atoms with E-state index in [0.717, 1.165) is 0 Å². The predicted molar refractivity (Wildman–Crippen MR) is 52.7 cm³/mol. The third kappa shape index (κ3) is 3.91. The second-order valence-corrected chi connectivity index (χ2v) is 4.55. The van der Waals surface area contributed by atoms with Gasteiger partial charge in [0, 0.05) is 0 Å². The number of alkyl halides is 3. The van der Waals surface area contributed by atoms with Gasteiger partial charge in [-0.25, -0.2) is 4.79 Å². The lowest BCUT2D eigenvalue weighted by molar-refractivity contribution is -0.0538. The molecular weight excluding hydrogens is 277 g/mol. The summed E-state index contributed by atoms with van der Waals surface area (Å²) in [5.74, 6) is 0. The molecule has 0 saturated carbocycles. The molecule has 0 spiro atoms. The molecular formula is C9H7F3O5S. The van der Waals surface area contributed by atoms with Crippen LogP contribution in [0.25, 0.3) is 0 Å². The monoisotopic (exact) mass is 284 g/mol. The van der Waals surface area contributed by atoms with Gasteiger partial charge in [0.2, 0.25) is 0 Å². The average Bonchev–Trinajstić information content (AvgIpc) is 2.26. The van der Waals surface area contributed by atoms with Crippen molar-refractivity contribution in [3.8, 4) is 0 Å². The summed E-state index contributed by atoms with van der Waals surface area (Å²) in [6, 6.07) is 7.96. The van der Waals surface area contributed by atoms with Gasteiger partial charge in [-0.2, -0.15) is 21.6 Å². The van der Waals surface area contributed by atoms with Crippen LogP contribution in [0.3, 0.4) is 0 Å². The van der Waals surface area contributed by atoms with Crippen molar-refractivity contribution in [2.75, 3.05) is 0 Å². The van der Waals surface area contributed by atoms with Crippen LogP contribution < -0.4 is 0 Å². The summed E-state index contributed by atoms with van der Waals surface area (Å²) in [5.41, 5.74) is -5.20. The van der Waals surface area contributed by atoms with Gasteiger partial charge >= 0.3 is 21.8 Å². The van der Waals surface area contributed by atoms with Crippen molar-refractivity contribution in [2.45, 2.75) is 12.1 Å². The SMILES string of the molecule is O=C(OCc1ccccc1)OS(=O)(=O)C(F)(F)F. The second-order valence-electron chi connectivity index (χ2n) is 3.01. The molecule has 0 aliphatic carbocycles. The summed E-state index contributed by atoms with van der Waals surface area (Å²) in [7, 11) is -5.98. The van der Waals surface area contributed by atoms with Crippen LogP contribution >= 0.6 is 0 Å². The normalized spacial score (nSPS) is 11.9. The highest BCUT2D eigenvalue weighted by Crippen LogP contribution is 2.24. The van der Waals surface area contributed by atoms with Gasteiger partial charge in [0.1, 0.15) is 6.61 Å². The Hall–Kier alpha value is -1.77. The molecule has 18 heavy (non-hydrogen) atoms. The molecule has 0 amide bonds. The maximum atomic E-state index is 11.8. The van der Waals surface area contributed by atoms with Crippen LogP contribution in [0.15, 0.2) is 30.3 Å². The third-order valence-electron chi connectivity index (χ3n) is 1.66. The fraction of sp³-hybridized carbons (Fsp3) is 0.222. The van der Waals surface area contributed by atoms with E-state index in [-0.39, 0.29) is 0 Å². The minimum absolute atomic E-state index is 0.396. The van der Waals surface area contributed by atoms with E-state index in [1.54, 1.807) is 18.2 Å². The van der Waals surface area contributed by atoms with E-state index in [0.29, 0.717) is 5.56 Å². The summed E-state index contributed by atoms with van der Waals surface area (Å²) in [4.78, 5) is 10.8. The van der Waals surface area contributed by atoms with Gasteiger partial charge in [0.15, 0.2) is 0 Å². The molecule has 0 aliphatic heterocycles. The molecule has 0 radical (unpaired) electrons. The van der Waals surface area contributed by atoms with E-state index in [1.807, 2.05) is 0 Å². The molecule has 9 heteroatoms. The minimum Gasteiger partial charge on any atom is -0.429 e. The molecule has 0 saturated heterocycles. The standard InChI is InChI=1S/C9H7F3O5S/c10-9(11,12)18(14,15)17-8(13)16-6-7-4-2-1-3-5-7/h1-5H,6H2. The van der Waals surface area contributed by atoms with E-state index >= 15 is 0 Å². The third-order valence-corrected chi connectivity index (χ3v) is 2.58. The van der Waals surface area contributed by atoms with Crippen molar-refractivity contribution in [3.05, 3.63) is 35.9 Å². The van der Waals surface area contributed by atoms with E-state index in [2.05, 4.69) is 8.92 Å². The number of carbonyl (C=O) groups is 1. The van der Waals surface area contributed by atoms with Crippen molar-refractivity contribution in [3.63, 3.8) is 0 Å². The Morgan fingerprint density at radius 3 is 2.22 bits per heavy atom. The Balaban J connectivity index is 2.54. The molecule has 0 fully saturated rings. The lowest BCUT2D eigenvalue weighted by Crippen LogP contribution is -2.28. The quantitative estimate of drug-likeness (QED) is 0.483. The zero-order valence-electron chi connectivity index (χ0n) is 8.68. The van der Waals surface area contributed by atoms with E-state index in [1.165, 1.54) is 12.1 Å². The Kier molecular flexibility index (Phi) is 4.17. The first-order chi connectivity index (χ1) is 8.22. The molecule has 1 aromatic carbocycles. The Bertz CT molecular complexity index is 509. The van der Waals surface area contributed by atoms with Gasteiger partial charge in [-0.1, -0.05) is 30.3 Å². The first kappa shape index (κ1) is 14.3. The largest absolute Gasteiger partial charge is 0.534 e. The number of halogens is 3. The van der Waals surface area contributed by atoms with Crippen LogP contribution in [0, 0.1) is 0 Å². The number of benzene rings is 1. The maximum Gasteiger partial charge on any atom is 0.534 e. The molecule has 0 aromatic heterocycles. The van der Waals surface area contributed by atoms with Gasteiger partial charge in [-0.3, -0.25) is 0 Å². The zero-order chi connectivity index (χ0) is 13.8. The van der Waals surface area contributed by atoms with Crippen molar-refractivity contribution in [1.29, 1.82) is 0 Å². The highest BCUT2D eigenvalue weighted by atomic mass is 32.2. The van der Waals surface area contributed by atoms with Crippen molar-refractivity contribution in [1.82, 2.24) is 0 Å². The summed E-state index contributed by atoms with van der Waals surface area (Å²) in [6.45, 7) is -0.396. The summed E-state index contributed by atoms with van der Waals surface area (Å²) < 4.78 is 63.8. The smallest absolute Gasteiger partial charge is 0.429 e. The van der Waals surface area contributed by atoms with E-state index in [4.69, 9.17) is 0 Å². The lowest BCUT2D eigenvalue weighted by Gasteiger charge is -2.08. The summed E-state index contributed by atoms with van der Waals surface area (Å²) in [6.07, 6.45) is -1.93. The van der Waals surface area contributed by atoms with Crippen LogP contribution in [0.4, 0.5) is 18.0 Å². The molecule has 5 nitrogen and oxygen atoms in total. The molecule has 0 bridgehead atoms. The molecule has 100 valence electrons. The summed E-state index contributed by atoms with van der Waals surface area (Å²) >= 11 is 0. The van der Waals surface area contributed by atoms with Crippen LogP contribution in [-0.4, -0.2) is 20.1 Å². The van der Waals surface area contributed by atoms with E-state index < -0.39 is 28.4 Å². The van der Waals surface area contributed by atoms with Gasteiger partial charge in [0.25, 0.3) is 0 Å². The van der Waals surface area contributed by atoms with Gasteiger partial charge in [-0.05, 0) is 5.56 Å². The maximum absolute atomic E-state index is 11.8. The lowest BCUT2D eigenvalue weighted by atomic mass is 10.2. The fourth-order valence-electron chi connectivity index (χ4n) is 0.877. The van der Waals surface area contributed by atoms with Crippen LogP contribution in [-0.2, 0) is 25.6 Å². The Morgan fingerprint density at radius 2 is 1.72 bits per heavy atom. The predicted octanol–water partition coefficient (Wildman–Crippen LogP) is 2.19. The van der Waals surface area contributed by atoms with Crippen LogP contribution in [0.5, 0.6) is 0 Å². The highest BCUT2D eigenvalue weighted by Gasteiger charge is 2.50. The van der Waals surface area contributed by atoms with E-state index in [9.17, 15) is 26.4 Å². The fourth-order valence-corrected chi connectivity index (χ4v) is 1.20. The molecule has 1 rings (SSSR count). The highest BCUT2D eigenvalue weighted by molar-refractivity contribution is 7.88. The topological polar surface area (TPSA) is 69.7 Å². The van der Waals surface area contributed by atoms with Gasteiger partial charge in [-0.15, -0.1) is 0 Å². The number of carbonyl (C=O) groups excluding carboxylic acids is 1. The minimum atomic E-state index is -5.98. The molecule has 0 atom stereocenters. The van der Waals surface area contributed by atoms with Crippen LogP contribution in [0.2, 0.25) is 0 Å². The Morgan fingerprint density at radius 1 is 1.17 bits per heavy atom. The zero-order valence-corrected chi connectivity index (χ0v) is 9.49.